The smallest absolute Gasteiger partial charge is 0.320 e. The average Bonchev–Trinajstić information content (AvgIpc) is 3.26. The third-order valence-electron chi connectivity index (χ3n) is 5.74. The first-order chi connectivity index (χ1) is 13.6. The lowest BCUT2D eigenvalue weighted by atomic mass is 10.1. The van der Waals surface area contributed by atoms with E-state index in [0.29, 0.717) is 5.82 Å². The molecule has 4 heterocycles. The highest BCUT2D eigenvalue weighted by molar-refractivity contribution is 5.75. The molecule has 2 fully saturated rings. The van der Waals surface area contributed by atoms with Crippen LogP contribution in [0.2, 0.25) is 0 Å². The number of nitrogens with one attached hydrogen (secondary N) is 1. The van der Waals surface area contributed by atoms with Gasteiger partial charge in [0.2, 0.25) is 0 Å². The highest BCUT2D eigenvalue weighted by Gasteiger charge is 2.29. The van der Waals surface area contributed by atoms with E-state index in [9.17, 15) is 4.79 Å². The number of hydrogen-bond acceptors (Lipinski definition) is 5. The van der Waals surface area contributed by atoms with Crippen molar-refractivity contribution in [2.45, 2.75) is 45.6 Å². The number of aromatic nitrogens is 3. The Bertz CT molecular complexity index is 834. The topological polar surface area (TPSA) is 74.2 Å². The van der Waals surface area contributed by atoms with Gasteiger partial charge in [-0.05, 0) is 51.7 Å². The number of likely N-dealkylation sites (tertiary alicyclic amines) is 2. The third-order valence-corrected chi connectivity index (χ3v) is 5.74. The van der Waals surface area contributed by atoms with Crippen molar-refractivity contribution < 1.29 is 4.79 Å². The van der Waals surface area contributed by atoms with Gasteiger partial charge in [-0.15, -0.1) is 0 Å². The molecule has 2 aromatic heterocycles. The standard InChI is InChI=1S/C21H28N6O/c1-15-16(2)23-20(17-7-9-22-10-8-17)25-19(15)24-18-6-5-13-27(14-18)21(28)26-11-3-4-12-26/h7-10,18H,3-6,11-14H2,1-2H3,(H,23,24,25)/t18-/m0/s1. The van der Waals surface area contributed by atoms with E-state index in [1.807, 2.05) is 35.8 Å². The summed E-state index contributed by atoms with van der Waals surface area (Å²) in [6.07, 6.45) is 7.80. The molecule has 0 bridgehead atoms. The fourth-order valence-corrected chi connectivity index (χ4v) is 3.97. The van der Waals surface area contributed by atoms with Crippen molar-refractivity contribution in [3.63, 3.8) is 0 Å². The summed E-state index contributed by atoms with van der Waals surface area (Å²) in [7, 11) is 0. The van der Waals surface area contributed by atoms with E-state index in [4.69, 9.17) is 4.98 Å². The number of anilines is 1. The van der Waals surface area contributed by atoms with E-state index < -0.39 is 0 Å². The van der Waals surface area contributed by atoms with Gasteiger partial charge in [0.25, 0.3) is 0 Å². The predicted molar refractivity (Wildman–Crippen MR) is 109 cm³/mol. The van der Waals surface area contributed by atoms with E-state index in [-0.39, 0.29) is 12.1 Å². The molecule has 2 amide bonds. The summed E-state index contributed by atoms with van der Waals surface area (Å²) in [5, 5.41) is 3.60. The van der Waals surface area contributed by atoms with Crippen molar-refractivity contribution in [1.82, 2.24) is 24.8 Å². The maximum Gasteiger partial charge on any atom is 0.320 e. The van der Waals surface area contributed by atoms with Crippen LogP contribution in [0.25, 0.3) is 11.4 Å². The van der Waals surface area contributed by atoms with Gasteiger partial charge in [-0.3, -0.25) is 4.98 Å². The Hall–Kier alpha value is -2.70. The summed E-state index contributed by atoms with van der Waals surface area (Å²) in [5.74, 6) is 1.56. The zero-order chi connectivity index (χ0) is 19.5. The molecule has 0 saturated carbocycles. The number of pyridine rings is 1. The average molecular weight is 380 g/mol. The van der Waals surface area contributed by atoms with Gasteiger partial charge in [-0.1, -0.05) is 0 Å². The SMILES string of the molecule is Cc1nc(-c2ccncc2)nc(N[C@H]2CCCN(C(=O)N3CCCC3)C2)c1C. The lowest BCUT2D eigenvalue weighted by Crippen LogP contribution is -2.50. The number of rotatable bonds is 3. The summed E-state index contributed by atoms with van der Waals surface area (Å²) in [6, 6.07) is 4.24. The van der Waals surface area contributed by atoms with Gasteiger partial charge in [0.1, 0.15) is 5.82 Å². The molecular weight excluding hydrogens is 352 g/mol. The number of carbonyl (C=O) groups excluding carboxylic acids is 1. The first-order valence-corrected chi connectivity index (χ1v) is 10.2. The van der Waals surface area contributed by atoms with E-state index in [2.05, 4.69) is 15.3 Å². The number of nitrogens with zero attached hydrogens (tertiary/aromatic N) is 5. The Labute approximate surface area is 166 Å². The quantitative estimate of drug-likeness (QED) is 0.885. The maximum atomic E-state index is 12.8. The minimum Gasteiger partial charge on any atom is -0.365 e. The highest BCUT2D eigenvalue weighted by atomic mass is 16.2. The lowest BCUT2D eigenvalue weighted by Gasteiger charge is -2.36. The third kappa shape index (κ3) is 3.93. The number of urea groups is 1. The van der Waals surface area contributed by atoms with E-state index in [1.165, 1.54) is 0 Å². The van der Waals surface area contributed by atoms with Gasteiger partial charge >= 0.3 is 6.03 Å². The first kappa shape index (κ1) is 18.7. The molecular formula is C21H28N6O. The molecule has 2 saturated heterocycles. The monoisotopic (exact) mass is 380 g/mol. The zero-order valence-corrected chi connectivity index (χ0v) is 16.7. The predicted octanol–water partition coefficient (Wildman–Crippen LogP) is 3.25. The Morgan fingerprint density at radius 3 is 2.50 bits per heavy atom. The molecule has 2 aliphatic rings. The molecule has 2 aliphatic heterocycles. The lowest BCUT2D eigenvalue weighted by molar-refractivity contribution is 0.149. The van der Waals surface area contributed by atoms with Gasteiger partial charge in [0, 0.05) is 61.4 Å². The number of amides is 2. The van der Waals surface area contributed by atoms with Crippen molar-refractivity contribution in [2.24, 2.45) is 0 Å². The normalized spacial score (nSPS) is 19.7. The van der Waals surface area contributed by atoms with Gasteiger partial charge in [-0.25, -0.2) is 14.8 Å². The van der Waals surface area contributed by atoms with E-state index in [0.717, 1.165) is 74.5 Å². The second-order valence-corrected chi connectivity index (χ2v) is 7.75. The molecule has 7 heteroatoms. The van der Waals surface area contributed by atoms with Crippen LogP contribution in [0.5, 0.6) is 0 Å². The molecule has 7 nitrogen and oxygen atoms in total. The van der Waals surface area contributed by atoms with Crippen LogP contribution < -0.4 is 5.32 Å². The van der Waals surface area contributed by atoms with Crippen molar-refractivity contribution in [1.29, 1.82) is 0 Å². The van der Waals surface area contributed by atoms with Gasteiger partial charge in [0.05, 0.1) is 0 Å². The Morgan fingerprint density at radius 2 is 1.75 bits per heavy atom. The zero-order valence-electron chi connectivity index (χ0n) is 16.7. The van der Waals surface area contributed by atoms with Crippen molar-refractivity contribution in [3.05, 3.63) is 35.8 Å². The van der Waals surface area contributed by atoms with Crippen molar-refractivity contribution >= 4 is 11.8 Å². The van der Waals surface area contributed by atoms with Crippen LogP contribution in [0.3, 0.4) is 0 Å². The Kier molecular flexibility index (Phi) is 5.41. The van der Waals surface area contributed by atoms with Crippen LogP contribution in [0.1, 0.15) is 36.9 Å². The summed E-state index contributed by atoms with van der Waals surface area (Å²) >= 11 is 0. The minimum absolute atomic E-state index is 0.192. The molecule has 0 aliphatic carbocycles. The van der Waals surface area contributed by atoms with Gasteiger partial charge in [0.15, 0.2) is 5.82 Å². The highest BCUT2D eigenvalue weighted by Crippen LogP contribution is 2.24. The van der Waals surface area contributed by atoms with Crippen LogP contribution in [0.15, 0.2) is 24.5 Å². The molecule has 0 spiro atoms. The fraction of sp³-hybridized carbons (Fsp3) is 0.524. The molecule has 1 N–H and O–H groups in total. The summed E-state index contributed by atoms with van der Waals surface area (Å²) in [5.41, 5.74) is 2.97. The minimum atomic E-state index is 0.192. The van der Waals surface area contributed by atoms with Crippen LogP contribution in [-0.4, -0.2) is 63.0 Å². The maximum absolute atomic E-state index is 12.8. The number of hydrogen-bond donors (Lipinski definition) is 1. The number of aryl methyl sites for hydroxylation is 1. The molecule has 0 aromatic carbocycles. The number of carbonyl (C=O) groups is 1. The molecule has 2 aromatic rings. The molecule has 4 rings (SSSR count). The molecule has 1 atom stereocenters. The molecule has 148 valence electrons. The summed E-state index contributed by atoms with van der Waals surface area (Å²) in [4.78, 5) is 30.2. The largest absolute Gasteiger partial charge is 0.365 e. The van der Waals surface area contributed by atoms with Crippen LogP contribution in [0, 0.1) is 13.8 Å². The van der Waals surface area contributed by atoms with E-state index in [1.54, 1.807) is 12.4 Å². The Morgan fingerprint density at radius 1 is 1.04 bits per heavy atom. The van der Waals surface area contributed by atoms with Gasteiger partial charge in [-0.2, -0.15) is 0 Å². The van der Waals surface area contributed by atoms with Crippen LogP contribution >= 0.6 is 0 Å². The van der Waals surface area contributed by atoms with Crippen LogP contribution in [0.4, 0.5) is 10.6 Å². The van der Waals surface area contributed by atoms with E-state index >= 15 is 0 Å². The fourth-order valence-electron chi connectivity index (χ4n) is 3.97. The van der Waals surface area contributed by atoms with Crippen molar-refractivity contribution in [3.8, 4) is 11.4 Å². The van der Waals surface area contributed by atoms with Crippen molar-refractivity contribution in [2.75, 3.05) is 31.5 Å². The molecule has 0 radical (unpaired) electrons. The molecule has 28 heavy (non-hydrogen) atoms. The molecule has 0 unspecified atom stereocenters. The first-order valence-electron chi connectivity index (χ1n) is 10.2. The number of piperidine rings is 1. The summed E-state index contributed by atoms with van der Waals surface area (Å²) < 4.78 is 0. The summed E-state index contributed by atoms with van der Waals surface area (Å²) in [6.45, 7) is 7.42. The Balaban J connectivity index is 1.50. The second-order valence-electron chi connectivity index (χ2n) is 7.75. The van der Waals surface area contributed by atoms with Crippen LogP contribution in [-0.2, 0) is 0 Å². The van der Waals surface area contributed by atoms with Gasteiger partial charge < -0.3 is 15.1 Å². The second kappa shape index (κ2) is 8.12.